The molecule has 1 rings (SSSR count). The van der Waals surface area contributed by atoms with Gasteiger partial charge in [-0.25, -0.2) is 4.98 Å². The summed E-state index contributed by atoms with van der Waals surface area (Å²) in [5.74, 6) is 0.423. The van der Waals surface area contributed by atoms with E-state index in [0.717, 1.165) is 5.69 Å². The van der Waals surface area contributed by atoms with Crippen LogP contribution in [0.4, 0.5) is 5.82 Å². The zero-order chi connectivity index (χ0) is 10.6. The largest absolute Gasteiger partial charge is 0.392 e. The first-order valence-corrected chi connectivity index (χ1v) is 4.51. The van der Waals surface area contributed by atoms with Gasteiger partial charge in [0.1, 0.15) is 5.82 Å². The maximum atomic E-state index is 9.15. The molecule has 1 aromatic rings. The molecular formula is C9H16N4O. The molecule has 0 aliphatic rings. The molecule has 1 heterocycles. The van der Waals surface area contributed by atoms with Crippen molar-refractivity contribution in [3.8, 4) is 0 Å². The summed E-state index contributed by atoms with van der Waals surface area (Å²) < 4.78 is 0. The van der Waals surface area contributed by atoms with E-state index < -0.39 is 0 Å². The van der Waals surface area contributed by atoms with Crippen LogP contribution in [0.3, 0.4) is 0 Å². The van der Waals surface area contributed by atoms with Crippen molar-refractivity contribution >= 4 is 5.82 Å². The average molecular weight is 196 g/mol. The third-order valence-electron chi connectivity index (χ3n) is 1.73. The minimum Gasteiger partial charge on any atom is -0.392 e. The number of aliphatic hydroxyl groups is 1. The molecule has 1 atom stereocenters. The van der Waals surface area contributed by atoms with E-state index in [2.05, 4.69) is 9.97 Å². The number of aliphatic hydroxyl groups excluding tert-OH is 1. The summed E-state index contributed by atoms with van der Waals surface area (Å²) in [6, 6.07) is 0. The van der Waals surface area contributed by atoms with Crippen molar-refractivity contribution in [2.24, 2.45) is 0 Å². The third kappa shape index (κ3) is 3.68. The van der Waals surface area contributed by atoms with Crippen LogP contribution in [0, 0.1) is 0 Å². The summed E-state index contributed by atoms with van der Waals surface area (Å²) in [6.45, 7) is 3.04. The topological polar surface area (TPSA) is 75.3 Å². The molecule has 1 unspecified atom stereocenters. The number of nitrogens with two attached hydrogens (primary N) is 1. The SMILES string of the molecule is CC(O)CN(C)Cc1cnc(N)cn1. The highest BCUT2D eigenvalue weighted by Gasteiger charge is 2.04. The molecule has 0 radical (unpaired) electrons. The van der Waals surface area contributed by atoms with E-state index in [1.807, 2.05) is 11.9 Å². The van der Waals surface area contributed by atoms with Crippen LogP contribution in [-0.2, 0) is 6.54 Å². The molecular weight excluding hydrogens is 180 g/mol. The average Bonchev–Trinajstić information content (AvgIpc) is 2.07. The summed E-state index contributed by atoms with van der Waals surface area (Å²) in [4.78, 5) is 10.0. The zero-order valence-corrected chi connectivity index (χ0v) is 8.51. The van der Waals surface area contributed by atoms with Gasteiger partial charge in [0, 0.05) is 13.1 Å². The molecule has 0 fully saturated rings. The highest BCUT2D eigenvalue weighted by molar-refractivity contribution is 5.22. The van der Waals surface area contributed by atoms with Gasteiger partial charge < -0.3 is 10.8 Å². The Morgan fingerprint density at radius 1 is 1.50 bits per heavy atom. The molecule has 0 spiro atoms. The van der Waals surface area contributed by atoms with Crippen molar-refractivity contribution in [2.75, 3.05) is 19.3 Å². The summed E-state index contributed by atoms with van der Waals surface area (Å²) in [7, 11) is 1.92. The lowest BCUT2D eigenvalue weighted by Gasteiger charge is -2.17. The summed E-state index contributed by atoms with van der Waals surface area (Å²) >= 11 is 0. The fourth-order valence-electron chi connectivity index (χ4n) is 1.24. The van der Waals surface area contributed by atoms with Crippen LogP contribution in [0.5, 0.6) is 0 Å². The van der Waals surface area contributed by atoms with Crippen LogP contribution < -0.4 is 5.73 Å². The van der Waals surface area contributed by atoms with Crippen molar-refractivity contribution in [1.29, 1.82) is 0 Å². The molecule has 0 saturated carbocycles. The van der Waals surface area contributed by atoms with Gasteiger partial charge in [0.25, 0.3) is 0 Å². The van der Waals surface area contributed by atoms with Gasteiger partial charge >= 0.3 is 0 Å². The molecule has 14 heavy (non-hydrogen) atoms. The highest BCUT2D eigenvalue weighted by atomic mass is 16.3. The van der Waals surface area contributed by atoms with Gasteiger partial charge in [-0.2, -0.15) is 0 Å². The molecule has 0 aliphatic heterocycles. The zero-order valence-electron chi connectivity index (χ0n) is 8.51. The molecule has 0 aromatic carbocycles. The molecule has 3 N–H and O–H groups in total. The monoisotopic (exact) mass is 196 g/mol. The normalized spacial score (nSPS) is 13.1. The van der Waals surface area contributed by atoms with Crippen LogP contribution in [0.2, 0.25) is 0 Å². The minimum absolute atomic E-state index is 0.332. The quantitative estimate of drug-likeness (QED) is 0.701. The standard InChI is InChI=1S/C9H16N4O/c1-7(14)5-13(2)6-8-3-12-9(10)4-11-8/h3-4,7,14H,5-6H2,1-2H3,(H2,10,12). The lowest BCUT2D eigenvalue weighted by atomic mass is 10.3. The number of anilines is 1. The lowest BCUT2D eigenvalue weighted by Crippen LogP contribution is -2.27. The number of hydrogen-bond acceptors (Lipinski definition) is 5. The van der Waals surface area contributed by atoms with Gasteiger partial charge in [-0.05, 0) is 14.0 Å². The van der Waals surface area contributed by atoms with Gasteiger partial charge in [-0.15, -0.1) is 0 Å². The first kappa shape index (κ1) is 10.9. The van der Waals surface area contributed by atoms with E-state index in [-0.39, 0.29) is 6.10 Å². The Hall–Kier alpha value is -1.20. The summed E-state index contributed by atoms with van der Waals surface area (Å²) in [5, 5.41) is 9.15. The smallest absolute Gasteiger partial charge is 0.141 e. The molecule has 0 amide bonds. The van der Waals surface area contributed by atoms with Crippen molar-refractivity contribution in [2.45, 2.75) is 19.6 Å². The number of nitrogens with zero attached hydrogens (tertiary/aromatic N) is 3. The number of nitrogen functional groups attached to an aromatic ring is 1. The second kappa shape index (κ2) is 4.88. The predicted octanol–water partition coefficient (Wildman–Crippen LogP) is -0.129. The van der Waals surface area contributed by atoms with E-state index >= 15 is 0 Å². The predicted molar refractivity (Wildman–Crippen MR) is 54.5 cm³/mol. The second-order valence-corrected chi connectivity index (χ2v) is 3.48. The molecule has 5 nitrogen and oxygen atoms in total. The number of rotatable bonds is 4. The Morgan fingerprint density at radius 3 is 2.71 bits per heavy atom. The Bertz CT molecular complexity index is 273. The Labute approximate surface area is 83.6 Å². The van der Waals surface area contributed by atoms with Crippen LogP contribution in [0.15, 0.2) is 12.4 Å². The number of likely N-dealkylation sites (N-methyl/N-ethyl adjacent to an activating group) is 1. The molecule has 1 aromatic heterocycles. The van der Waals surface area contributed by atoms with Crippen molar-refractivity contribution in [1.82, 2.24) is 14.9 Å². The van der Waals surface area contributed by atoms with Gasteiger partial charge in [0.15, 0.2) is 0 Å². The Morgan fingerprint density at radius 2 is 2.21 bits per heavy atom. The van der Waals surface area contributed by atoms with Gasteiger partial charge in [0.05, 0.1) is 24.2 Å². The van der Waals surface area contributed by atoms with Gasteiger partial charge in [0.2, 0.25) is 0 Å². The van der Waals surface area contributed by atoms with Crippen LogP contribution in [-0.4, -0.2) is 39.7 Å². The van der Waals surface area contributed by atoms with Crippen LogP contribution >= 0.6 is 0 Å². The molecule has 5 heteroatoms. The van der Waals surface area contributed by atoms with E-state index in [9.17, 15) is 0 Å². The fraction of sp³-hybridized carbons (Fsp3) is 0.556. The highest BCUT2D eigenvalue weighted by Crippen LogP contribution is 2.00. The van der Waals surface area contributed by atoms with E-state index in [0.29, 0.717) is 18.9 Å². The maximum absolute atomic E-state index is 9.15. The van der Waals surface area contributed by atoms with E-state index in [4.69, 9.17) is 10.8 Å². The van der Waals surface area contributed by atoms with Crippen molar-refractivity contribution in [3.63, 3.8) is 0 Å². The van der Waals surface area contributed by atoms with E-state index in [1.165, 1.54) is 6.20 Å². The number of aromatic nitrogens is 2. The van der Waals surface area contributed by atoms with Crippen molar-refractivity contribution < 1.29 is 5.11 Å². The van der Waals surface area contributed by atoms with E-state index in [1.54, 1.807) is 13.1 Å². The van der Waals surface area contributed by atoms with Gasteiger partial charge in [-0.3, -0.25) is 9.88 Å². The summed E-state index contributed by atoms with van der Waals surface area (Å²) in [6.07, 6.45) is 2.85. The first-order chi connectivity index (χ1) is 6.58. The Kier molecular flexibility index (Phi) is 3.79. The first-order valence-electron chi connectivity index (χ1n) is 4.51. The van der Waals surface area contributed by atoms with Gasteiger partial charge in [-0.1, -0.05) is 0 Å². The fourth-order valence-corrected chi connectivity index (χ4v) is 1.24. The lowest BCUT2D eigenvalue weighted by molar-refractivity contribution is 0.137. The summed E-state index contributed by atoms with van der Waals surface area (Å²) in [5.41, 5.74) is 6.26. The number of hydrogen-bond donors (Lipinski definition) is 2. The molecule has 0 saturated heterocycles. The van der Waals surface area contributed by atoms with Crippen LogP contribution in [0.1, 0.15) is 12.6 Å². The second-order valence-electron chi connectivity index (χ2n) is 3.48. The minimum atomic E-state index is -0.332. The molecule has 0 bridgehead atoms. The Balaban J connectivity index is 2.47. The molecule has 78 valence electrons. The molecule has 0 aliphatic carbocycles. The third-order valence-corrected chi connectivity index (χ3v) is 1.73. The maximum Gasteiger partial charge on any atom is 0.141 e. The van der Waals surface area contributed by atoms with Crippen LogP contribution in [0.25, 0.3) is 0 Å². The van der Waals surface area contributed by atoms with Crippen molar-refractivity contribution in [3.05, 3.63) is 18.1 Å².